The molecule has 0 aliphatic carbocycles. The third-order valence-electron chi connectivity index (χ3n) is 3.00. The third kappa shape index (κ3) is 2.10. The van der Waals surface area contributed by atoms with Gasteiger partial charge in [-0.05, 0) is 32.2 Å². The van der Waals surface area contributed by atoms with Crippen LogP contribution in [-0.2, 0) is 0 Å². The summed E-state index contributed by atoms with van der Waals surface area (Å²) in [6.07, 6.45) is 3.89. The molecule has 0 radical (unpaired) electrons. The van der Waals surface area contributed by atoms with Crippen LogP contribution in [0.2, 0.25) is 0 Å². The van der Waals surface area contributed by atoms with E-state index in [9.17, 15) is 4.79 Å². The fraction of sp³-hybridized carbons (Fsp3) is 0.385. The molecular formula is C13H17N3OS. The Labute approximate surface area is 111 Å². The summed E-state index contributed by atoms with van der Waals surface area (Å²) in [7, 11) is 1.81. The summed E-state index contributed by atoms with van der Waals surface area (Å²) in [5.41, 5.74) is 1.38. The number of carbonyl (C=O) groups excluding carboxylic acids is 1. The van der Waals surface area contributed by atoms with Crippen molar-refractivity contribution in [2.75, 3.05) is 13.3 Å². The van der Waals surface area contributed by atoms with E-state index in [1.54, 1.807) is 11.9 Å². The molecule has 1 amide bonds. The summed E-state index contributed by atoms with van der Waals surface area (Å²) in [6, 6.07) is 5.95. The SMILES string of the molecule is CSc1nc(C(=O)N(C)C(C)C)c2ccccn12. The molecule has 2 heterocycles. The van der Waals surface area contributed by atoms with Crippen LogP contribution in [0.4, 0.5) is 0 Å². The van der Waals surface area contributed by atoms with Crippen molar-refractivity contribution in [2.45, 2.75) is 25.0 Å². The largest absolute Gasteiger partial charge is 0.338 e. The molecule has 0 fully saturated rings. The summed E-state index contributed by atoms with van der Waals surface area (Å²) in [4.78, 5) is 18.5. The second-order valence-corrected chi connectivity index (χ2v) is 5.19. The van der Waals surface area contributed by atoms with E-state index in [1.807, 2.05) is 48.9 Å². The predicted molar refractivity (Wildman–Crippen MR) is 74.2 cm³/mol. The highest BCUT2D eigenvalue weighted by molar-refractivity contribution is 7.98. The van der Waals surface area contributed by atoms with Gasteiger partial charge in [0.25, 0.3) is 5.91 Å². The van der Waals surface area contributed by atoms with Gasteiger partial charge in [0.1, 0.15) is 0 Å². The van der Waals surface area contributed by atoms with E-state index in [0.29, 0.717) is 5.69 Å². The summed E-state index contributed by atoms with van der Waals surface area (Å²) >= 11 is 1.54. The zero-order chi connectivity index (χ0) is 13.3. The molecule has 0 saturated carbocycles. The first-order valence-electron chi connectivity index (χ1n) is 5.84. The first kappa shape index (κ1) is 13.0. The second-order valence-electron chi connectivity index (χ2n) is 4.41. The molecule has 2 aromatic rings. The van der Waals surface area contributed by atoms with Gasteiger partial charge in [0.15, 0.2) is 10.9 Å². The molecule has 18 heavy (non-hydrogen) atoms. The highest BCUT2D eigenvalue weighted by Crippen LogP contribution is 2.21. The predicted octanol–water partition coefficient (Wildman–Crippen LogP) is 2.54. The van der Waals surface area contributed by atoms with Crippen LogP contribution in [0.25, 0.3) is 5.52 Å². The number of aromatic nitrogens is 2. The lowest BCUT2D eigenvalue weighted by Crippen LogP contribution is -2.33. The van der Waals surface area contributed by atoms with Crippen LogP contribution in [-0.4, -0.2) is 39.5 Å². The average molecular weight is 263 g/mol. The number of imidazole rings is 1. The molecule has 0 atom stereocenters. The summed E-state index contributed by atoms with van der Waals surface area (Å²) in [5, 5.41) is 0.839. The maximum absolute atomic E-state index is 12.4. The molecule has 0 unspecified atom stereocenters. The van der Waals surface area contributed by atoms with Gasteiger partial charge in [-0.3, -0.25) is 9.20 Å². The Morgan fingerprint density at radius 3 is 2.78 bits per heavy atom. The van der Waals surface area contributed by atoms with Gasteiger partial charge < -0.3 is 4.90 Å². The van der Waals surface area contributed by atoms with Gasteiger partial charge in [0.2, 0.25) is 0 Å². The maximum atomic E-state index is 12.4. The van der Waals surface area contributed by atoms with Crippen molar-refractivity contribution in [2.24, 2.45) is 0 Å². The highest BCUT2D eigenvalue weighted by Gasteiger charge is 2.21. The van der Waals surface area contributed by atoms with Gasteiger partial charge in [0, 0.05) is 19.3 Å². The van der Waals surface area contributed by atoms with Crippen LogP contribution in [0.5, 0.6) is 0 Å². The van der Waals surface area contributed by atoms with Crippen molar-refractivity contribution in [3.63, 3.8) is 0 Å². The molecule has 96 valence electrons. The Balaban J connectivity index is 2.55. The normalized spacial score (nSPS) is 11.2. The molecule has 0 aromatic carbocycles. The van der Waals surface area contributed by atoms with E-state index in [4.69, 9.17) is 0 Å². The van der Waals surface area contributed by atoms with Crippen molar-refractivity contribution >= 4 is 23.2 Å². The van der Waals surface area contributed by atoms with Crippen LogP contribution in [0, 0.1) is 0 Å². The van der Waals surface area contributed by atoms with Gasteiger partial charge in [-0.1, -0.05) is 17.8 Å². The molecule has 0 N–H and O–H groups in total. The standard InChI is InChI=1S/C13H17N3OS/c1-9(2)15(3)12(17)11-10-7-5-6-8-16(10)13(14-11)18-4/h5-9H,1-4H3. The Morgan fingerprint density at radius 2 is 2.17 bits per heavy atom. The quantitative estimate of drug-likeness (QED) is 0.799. The molecule has 0 aliphatic rings. The van der Waals surface area contributed by atoms with E-state index < -0.39 is 0 Å². The fourth-order valence-electron chi connectivity index (χ4n) is 1.71. The smallest absolute Gasteiger partial charge is 0.274 e. The van der Waals surface area contributed by atoms with E-state index >= 15 is 0 Å². The monoisotopic (exact) mass is 263 g/mol. The first-order valence-corrected chi connectivity index (χ1v) is 7.07. The Bertz CT molecular complexity index is 577. The topological polar surface area (TPSA) is 37.6 Å². The number of hydrogen-bond donors (Lipinski definition) is 0. The van der Waals surface area contributed by atoms with Crippen LogP contribution >= 0.6 is 11.8 Å². The van der Waals surface area contributed by atoms with E-state index in [-0.39, 0.29) is 11.9 Å². The van der Waals surface area contributed by atoms with Crippen LogP contribution in [0.1, 0.15) is 24.3 Å². The number of rotatable bonds is 3. The first-order chi connectivity index (χ1) is 8.56. The molecule has 4 nitrogen and oxygen atoms in total. The van der Waals surface area contributed by atoms with Crippen LogP contribution < -0.4 is 0 Å². The minimum atomic E-state index is -0.0333. The molecule has 0 spiro atoms. The second kappa shape index (κ2) is 5.02. The number of amides is 1. The van der Waals surface area contributed by atoms with Crippen molar-refractivity contribution in [3.8, 4) is 0 Å². The number of fused-ring (bicyclic) bond motifs is 1. The molecule has 0 aliphatic heterocycles. The number of pyridine rings is 1. The molecular weight excluding hydrogens is 246 g/mol. The zero-order valence-electron chi connectivity index (χ0n) is 11.0. The van der Waals surface area contributed by atoms with Gasteiger partial charge in [-0.2, -0.15) is 0 Å². The number of nitrogens with zero attached hydrogens (tertiary/aromatic N) is 3. The zero-order valence-corrected chi connectivity index (χ0v) is 11.9. The molecule has 2 rings (SSSR count). The lowest BCUT2D eigenvalue weighted by Gasteiger charge is -2.20. The average Bonchev–Trinajstić information content (AvgIpc) is 2.75. The van der Waals surface area contributed by atoms with Crippen LogP contribution in [0.3, 0.4) is 0 Å². The minimum Gasteiger partial charge on any atom is -0.338 e. The fourth-order valence-corrected chi connectivity index (χ4v) is 2.25. The summed E-state index contributed by atoms with van der Waals surface area (Å²) in [6.45, 7) is 3.98. The van der Waals surface area contributed by atoms with Crippen molar-refractivity contribution in [1.29, 1.82) is 0 Å². The van der Waals surface area contributed by atoms with Gasteiger partial charge in [-0.15, -0.1) is 0 Å². The van der Waals surface area contributed by atoms with E-state index in [0.717, 1.165) is 10.7 Å². The summed E-state index contributed by atoms with van der Waals surface area (Å²) < 4.78 is 1.95. The number of thioether (sulfide) groups is 1. The maximum Gasteiger partial charge on any atom is 0.274 e. The molecule has 0 saturated heterocycles. The van der Waals surface area contributed by atoms with E-state index in [2.05, 4.69) is 4.98 Å². The lowest BCUT2D eigenvalue weighted by molar-refractivity contribution is 0.0751. The van der Waals surface area contributed by atoms with Gasteiger partial charge in [0.05, 0.1) is 5.52 Å². The van der Waals surface area contributed by atoms with Crippen LogP contribution in [0.15, 0.2) is 29.6 Å². The third-order valence-corrected chi connectivity index (χ3v) is 3.65. The molecule has 0 bridgehead atoms. The highest BCUT2D eigenvalue weighted by atomic mass is 32.2. The Hall–Kier alpha value is -1.49. The van der Waals surface area contributed by atoms with Gasteiger partial charge >= 0.3 is 0 Å². The number of carbonyl (C=O) groups is 1. The summed E-state index contributed by atoms with van der Waals surface area (Å²) in [5.74, 6) is -0.0333. The number of hydrogen-bond acceptors (Lipinski definition) is 3. The van der Waals surface area contributed by atoms with Gasteiger partial charge in [-0.25, -0.2) is 4.98 Å². The Morgan fingerprint density at radius 1 is 1.44 bits per heavy atom. The van der Waals surface area contributed by atoms with Crippen molar-refractivity contribution in [1.82, 2.24) is 14.3 Å². The molecule has 2 aromatic heterocycles. The van der Waals surface area contributed by atoms with E-state index in [1.165, 1.54) is 11.8 Å². The van der Waals surface area contributed by atoms with Crippen molar-refractivity contribution in [3.05, 3.63) is 30.1 Å². The lowest BCUT2D eigenvalue weighted by atomic mass is 10.2. The molecule has 5 heteroatoms. The minimum absolute atomic E-state index is 0.0333. The van der Waals surface area contributed by atoms with Crippen molar-refractivity contribution < 1.29 is 4.79 Å². The Kier molecular flexibility index (Phi) is 3.61.